The average molecular weight is 204 g/mol. The first-order valence-corrected chi connectivity index (χ1v) is 4.65. The van der Waals surface area contributed by atoms with Crippen LogP contribution in [-0.4, -0.2) is 21.4 Å². The second-order valence-corrected chi connectivity index (χ2v) is 3.12. The van der Waals surface area contributed by atoms with Crippen molar-refractivity contribution in [2.24, 2.45) is 0 Å². The van der Waals surface area contributed by atoms with Crippen LogP contribution in [0, 0.1) is 0 Å². The van der Waals surface area contributed by atoms with E-state index in [0.29, 0.717) is 12.3 Å². The summed E-state index contributed by atoms with van der Waals surface area (Å²) in [5, 5.41) is 7.40. The highest BCUT2D eigenvalue weighted by Crippen LogP contribution is 2.14. The van der Waals surface area contributed by atoms with Gasteiger partial charge in [0, 0.05) is 11.8 Å². The Morgan fingerprint density at radius 3 is 2.80 bits per heavy atom. The third-order valence-corrected chi connectivity index (χ3v) is 1.94. The highest BCUT2D eigenvalue weighted by atomic mass is 16.5. The Morgan fingerprint density at radius 1 is 1.27 bits per heavy atom. The molecule has 15 heavy (non-hydrogen) atoms. The first-order chi connectivity index (χ1) is 7.34. The van der Waals surface area contributed by atoms with Crippen molar-refractivity contribution in [3.05, 3.63) is 36.9 Å². The van der Waals surface area contributed by atoms with E-state index in [1.165, 1.54) is 0 Å². The summed E-state index contributed by atoms with van der Waals surface area (Å²) in [6.45, 7) is 1.29. The fourth-order valence-electron chi connectivity index (χ4n) is 1.21. The van der Waals surface area contributed by atoms with Crippen LogP contribution in [0.5, 0.6) is 5.75 Å². The zero-order valence-electron chi connectivity index (χ0n) is 8.21. The van der Waals surface area contributed by atoms with Gasteiger partial charge in [0.25, 0.3) is 0 Å². The number of ether oxygens (including phenoxy) is 1. The van der Waals surface area contributed by atoms with Crippen molar-refractivity contribution in [1.82, 2.24) is 14.8 Å². The standard InChI is InChI=1S/C10H12N4O/c11-9-2-1-3-10(6-9)15-5-4-14-7-12-13-8-14/h1-3,6-8H,4-5,11H2. The summed E-state index contributed by atoms with van der Waals surface area (Å²) >= 11 is 0. The first kappa shape index (κ1) is 9.51. The molecule has 78 valence electrons. The molecule has 2 aromatic rings. The van der Waals surface area contributed by atoms with E-state index in [1.54, 1.807) is 18.7 Å². The van der Waals surface area contributed by atoms with Gasteiger partial charge in [0.05, 0.1) is 6.54 Å². The molecule has 0 aliphatic rings. The number of nitrogens with zero attached hydrogens (tertiary/aromatic N) is 3. The van der Waals surface area contributed by atoms with Crippen LogP contribution in [0.25, 0.3) is 0 Å². The molecule has 5 nitrogen and oxygen atoms in total. The fourth-order valence-corrected chi connectivity index (χ4v) is 1.21. The maximum Gasteiger partial charge on any atom is 0.121 e. The van der Waals surface area contributed by atoms with Gasteiger partial charge < -0.3 is 15.0 Å². The molecular formula is C10H12N4O. The lowest BCUT2D eigenvalue weighted by Gasteiger charge is -2.06. The molecule has 0 fully saturated rings. The third kappa shape index (κ3) is 2.70. The summed E-state index contributed by atoms with van der Waals surface area (Å²) in [6.07, 6.45) is 3.31. The van der Waals surface area contributed by atoms with Gasteiger partial charge in [0.15, 0.2) is 0 Å². The molecule has 2 rings (SSSR count). The van der Waals surface area contributed by atoms with Gasteiger partial charge in [-0.2, -0.15) is 0 Å². The van der Waals surface area contributed by atoms with Gasteiger partial charge in [-0.05, 0) is 12.1 Å². The van der Waals surface area contributed by atoms with E-state index in [-0.39, 0.29) is 0 Å². The van der Waals surface area contributed by atoms with Gasteiger partial charge in [-0.3, -0.25) is 0 Å². The number of benzene rings is 1. The van der Waals surface area contributed by atoms with Gasteiger partial charge in [0.2, 0.25) is 0 Å². The highest BCUT2D eigenvalue weighted by molar-refractivity contribution is 5.43. The van der Waals surface area contributed by atoms with Crippen LogP contribution in [0.2, 0.25) is 0 Å². The minimum Gasteiger partial charge on any atom is -0.492 e. The van der Waals surface area contributed by atoms with Crippen LogP contribution >= 0.6 is 0 Å². The average Bonchev–Trinajstić information content (AvgIpc) is 2.71. The van der Waals surface area contributed by atoms with Crippen molar-refractivity contribution in [3.8, 4) is 5.75 Å². The minimum absolute atomic E-state index is 0.571. The zero-order chi connectivity index (χ0) is 10.5. The topological polar surface area (TPSA) is 66.0 Å². The molecular weight excluding hydrogens is 192 g/mol. The molecule has 1 heterocycles. The maximum absolute atomic E-state index is 5.62. The molecule has 0 amide bonds. The van der Waals surface area contributed by atoms with E-state index in [9.17, 15) is 0 Å². The van der Waals surface area contributed by atoms with Crippen molar-refractivity contribution >= 4 is 5.69 Å². The molecule has 0 bridgehead atoms. The van der Waals surface area contributed by atoms with Gasteiger partial charge in [-0.1, -0.05) is 6.07 Å². The Bertz CT molecular complexity index is 413. The van der Waals surface area contributed by atoms with Gasteiger partial charge in [-0.15, -0.1) is 10.2 Å². The van der Waals surface area contributed by atoms with Gasteiger partial charge >= 0.3 is 0 Å². The van der Waals surface area contributed by atoms with Crippen LogP contribution in [0.3, 0.4) is 0 Å². The van der Waals surface area contributed by atoms with Crippen LogP contribution in [-0.2, 0) is 6.54 Å². The van der Waals surface area contributed by atoms with E-state index in [1.807, 2.05) is 22.8 Å². The summed E-state index contributed by atoms with van der Waals surface area (Å²) in [4.78, 5) is 0. The normalized spacial score (nSPS) is 10.1. The van der Waals surface area contributed by atoms with Crippen LogP contribution in [0.1, 0.15) is 0 Å². The molecule has 0 aliphatic heterocycles. The van der Waals surface area contributed by atoms with Crippen LogP contribution in [0.15, 0.2) is 36.9 Å². The Balaban J connectivity index is 1.83. The quantitative estimate of drug-likeness (QED) is 0.753. The van der Waals surface area contributed by atoms with E-state index < -0.39 is 0 Å². The van der Waals surface area contributed by atoms with Crippen molar-refractivity contribution in [2.75, 3.05) is 12.3 Å². The smallest absolute Gasteiger partial charge is 0.121 e. The molecule has 0 saturated heterocycles. The molecule has 1 aromatic heterocycles. The second kappa shape index (κ2) is 4.45. The predicted molar refractivity (Wildman–Crippen MR) is 56.4 cm³/mol. The van der Waals surface area contributed by atoms with E-state index in [0.717, 1.165) is 12.3 Å². The second-order valence-electron chi connectivity index (χ2n) is 3.12. The lowest BCUT2D eigenvalue weighted by molar-refractivity contribution is 0.298. The molecule has 0 saturated carbocycles. The monoisotopic (exact) mass is 204 g/mol. The number of nitrogen functional groups attached to an aromatic ring is 1. The fraction of sp³-hybridized carbons (Fsp3) is 0.200. The molecule has 0 spiro atoms. The molecule has 5 heteroatoms. The Hall–Kier alpha value is -2.04. The Labute approximate surface area is 87.5 Å². The van der Waals surface area contributed by atoms with E-state index in [2.05, 4.69) is 10.2 Å². The van der Waals surface area contributed by atoms with E-state index >= 15 is 0 Å². The van der Waals surface area contributed by atoms with Crippen molar-refractivity contribution in [3.63, 3.8) is 0 Å². The van der Waals surface area contributed by atoms with Gasteiger partial charge in [-0.25, -0.2) is 0 Å². The number of hydrogen-bond donors (Lipinski definition) is 1. The molecule has 0 radical (unpaired) electrons. The molecule has 0 atom stereocenters. The zero-order valence-corrected chi connectivity index (χ0v) is 8.21. The highest BCUT2D eigenvalue weighted by Gasteiger charge is 1.95. The van der Waals surface area contributed by atoms with E-state index in [4.69, 9.17) is 10.5 Å². The van der Waals surface area contributed by atoms with Crippen molar-refractivity contribution in [2.45, 2.75) is 6.54 Å². The number of hydrogen-bond acceptors (Lipinski definition) is 4. The van der Waals surface area contributed by atoms with Crippen molar-refractivity contribution < 1.29 is 4.74 Å². The maximum atomic E-state index is 5.62. The molecule has 0 unspecified atom stereocenters. The summed E-state index contributed by atoms with van der Waals surface area (Å²) < 4.78 is 7.36. The predicted octanol–water partition coefficient (Wildman–Crippen LogP) is 0.939. The van der Waals surface area contributed by atoms with Crippen molar-refractivity contribution in [1.29, 1.82) is 0 Å². The lowest BCUT2D eigenvalue weighted by Crippen LogP contribution is -2.06. The van der Waals surface area contributed by atoms with Crippen LogP contribution in [0.4, 0.5) is 5.69 Å². The summed E-state index contributed by atoms with van der Waals surface area (Å²) in [6, 6.07) is 7.37. The summed E-state index contributed by atoms with van der Waals surface area (Å²) in [7, 11) is 0. The number of nitrogens with two attached hydrogens (primary N) is 1. The Kier molecular flexibility index (Phi) is 2.82. The van der Waals surface area contributed by atoms with Crippen LogP contribution < -0.4 is 10.5 Å². The lowest BCUT2D eigenvalue weighted by atomic mass is 10.3. The SMILES string of the molecule is Nc1cccc(OCCn2cnnc2)c1. The minimum atomic E-state index is 0.571. The third-order valence-electron chi connectivity index (χ3n) is 1.94. The Morgan fingerprint density at radius 2 is 2.07 bits per heavy atom. The number of aromatic nitrogens is 3. The van der Waals surface area contributed by atoms with Gasteiger partial charge in [0.1, 0.15) is 25.0 Å². The first-order valence-electron chi connectivity index (χ1n) is 4.65. The summed E-state index contributed by atoms with van der Waals surface area (Å²) in [5.74, 6) is 0.781. The number of rotatable bonds is 4. The summed E-state index contributed by atoms with van der Waals surface area (Å²) in [5.41, 5.74) is 6.33. The molecule has 0 aliphatic carbocycles. The number of anilines is 1. The molecule has 1 aromatic carbocycles. The molecule has 2 N–H and O–H groups in total. The largest absolute Gasteiger partial charge is 0.492 e.